The first kappa shape index (κ1) is 34.4. The van der Waals surface area contributed by atoms with Crippen molar-refractivity contribution in [3.63, 3.8) is 0 Å². The molecule has 0 saturated carbocycles. The van der Waals surface area contributed by atoms with Crippen LogP contribution in [-0.2, 0) is 16.1 Å². The van der Waals surface area contributed by atoms with Crippen LogP contribution in [0.5, 0.6) is 17.2 Å². The SMILES string of the molecule is CCOc1cc([C@H]2NC(=O)NC(C)=C2C(=O)OC)ccc1OC[C@H](O)N/N=C\c1cc(Cl)c(OCc2ccc3ccccc3c2)c(Cl)c1. The molecule has 4 N–H and O–H groups in total. The second-order valence-corrected chi connectivity index (χ2v) is 11.5. The second kappa shape index (κ2) is 15.7. The van der Waals surface area contributed by atoms with Crippen molar-refractivity contribution in [2.24, 2.45) is 5.10 Å². The van der Waals surface area contributed by atoms with Crippen LogP contribution in [0.15, 0.2) is 89.2 Å². The standard InChI is InChI=1S/C35H34Cl2N4O7/c1-4-46-29-16-25(32-31(34(43)45-3)20(2)39-35(44)40-32)11-12-28(29)47-19-30(42)41-38-17-22-14-26(36)33(27(37)15-22)48-18-21-9-10-23-7-5-6-8-24(23)13-21/h5-17,30,32,41-42H,4,18-19H2,1-3H3,(H2,39,40,44)/b38-17-/t30-,32+/m0/s1. The summed E-state index contributed by atoms with van der Waals surface area (Å²) in [5.41, 5.74) is 5.37. The summed E-state index contributed by atoms with van der Waals surface area (Å²) in [6, 6.07) is 21.2. The van der Waals surface area contributed by atoms with Crippen molar-refractivity contribution < 1.29 is 33.6 Å². The number of hydrogen-bond donors (Lipinski definition) is 4. The lowest BCUT2D eigenvalue weighted by Crippen LogP contribution is -2.45. The Labute approximate surface area is 287 Å². The molecule has 1 aliphatic heterocycles. The molecule has 0 fully saturated rings. The number of hydrazone groups is 1. The number of nitrogens with zero attached hydrogens (tertiary/aromatic N) is 1. The lowest BCUT2D eigenvalue weighted by atomic mass is 9.95. The maximum atomic E-state index is 12.5. The molecule has 0 spiro atoms. The Kier molecular flexibility index (Phi) is 11.3. The highest BCUT2D eigenvalue weighted by Crippen LogP contribution is 2.36. The molecule has 0 aromatic heterocycles. The Hall–Kier alpha value is -4.97. The molecule has 0 radical (unpaired) electrons. The van der Waals surface area contributed by atoms with Crippen LogP contribution in [0, 0.1) is 0 Å². The van der Waals surface area contributed by atoms with E-state index in [-0.39, 0.29) is 12.2 Å². The van der Waals surface area contributed by atoms with Crippen LogP contribution in [0.25, 0.3) is 10.8 Å². The van der Waals surface area contributed by atoms with E-state index in [4.69, 9.17) is 42.1 Å². The van der Waals surface area contributed by atoms with E-state index in [2.05, 4.69) is 33.3 Å². The number of aliphatic hydroxyl groups excluding tert-OH is 1. The molecule has 48 heavy (non-hydrogen) atoms. The van der Waals surface area contributed by atoms with Gasteiger partial charge < -0.3 is 34.7 Å². The van der Waals surface area contributed by atoms with Crippen molar-refractivity contribution in [1.29, 1.82) is 0 Å². The minimum atomic E-state index is -1.19. The fourth-order valence-corrected chi connectivity index (χ4v) is 5.71. The second-order valence-electron chi connectivity index (χ2n) is 10.7. The van der Waals surface area contributed by atoms with Crippen molar-refractivity contribution in [3.8, 4) is 17.2 Å². The van der Waals surface area contributed by atoms with E-state index in [0.717, 1.165) is 16.3 Å². The van der Waals surface area contributed by atoms with Crippen molar-refractivity contribution in [2.75, 3.05) is 20.3 Å². The number of nitrogens with one attached hydrogen (secondary N) is 3. The lowest BCUT2D eigenvalue weighted by Gasteiger charge is -2.28. The number of halogens is 2. The van der Waals surface area contributed by atoms with Gasteiger partial charge in [0.05, 0.1) is 41.6 Å². The first-order chi connectivity index (χ1) is 23.2. The number of ether oxygens (including phenoxy) is 4. The van der Waals surface area contributed by atoms with E-state index < -0.39 is 24.3 Å². The van der Waals surface area contributed by atoms with E-state index in [1.807, 2.05) is 30.3 Å². The number of allylic oxidation sites excluding steroid dienone is 1. The third-order valence-corrected chi connectivity index (χ3v) is 7.89. The quantitative estimate of drug-likeness (QED) is 0.0559. The summed E-state index contributed by atoms with van der Waals surface area (Å²) in [7, 11) is 1.27. The van der Waals surface area contributed by atoms with Gasteiger partial charge in [-0.2, -0.15) is 5.10 Å². The molecule has 4 aromatic carbocycles. The summed E-state index contributed by atoms with van der Waals surface area (Å²) < 4.78 is 22.4. The summed E-state index contributed by atoms with van der Waals surface area (Å²) in [4.78, 5) is 24.6. The van der Waals surface area contributed by atoms with Gasteiger partial charge in [-0.1, -0.05) is 65.7 Å². The zero-order valence-corrected chi connectivity index (χ0v) is 27.9. The van der Waals surface area contributed by atoms with Crippen LogP contribution in [0.2, 0.25) is 10.0 Å². The number of benzene rings is 4. The molecule has 13 heteroatoms. The zero-order valence-electron chi connectivity index (χ0n) is 26.4. The van der Waals surface area contributed by atoms with Crippen LogP contribution in [0.3, 0.4) is 0 Å². The average molecular weight is 694 g/mol. The molecule has 1 heterocycles. The van der Waals surface area contributed by atoms with Gasteiger partial charge in [0.2, 0.25) is 0 Å². The Bertz CT molecular complexity index is 1860. The molecule has 2 atom stereocenters. The minimum Gasteiger partial charge on any atom is -0.490 e. The molecule has 11 nitrogen and oxygen atoms in total. The van der Waals surface area contributed by atoms with Crippen LogP contribution >= 0.6 is 23.2 Å². The van der Waals surface area contributed by atoms with E-state index in [1.54, 1.807) is 44.2 Å². The van der Waals surface area contributed by atoms with Gasteiger partial charge in [-0.3, -0.25) is 5.43 Å². The predicted octanol–water partition coefficient (Wildman–Crippen LogP) is 6.25. The minimum absolute atomic E-state index is 0.184. The molecular formula is C35H34Cl2N4O7. The van der Waals surface area contributed by atoms with Gasteiger partial charge in [-0.15, -0.1) is 0 Å². The van der Waals surface area contributed by atoms with Gasteiger partial charge in [-0.05, 0) is 71.6 Å². The fraction of sp³-hybridized carbons (Fsp3) is 0.229. The molecule has 5 rings (SSSR count). The first-order valence-electron chi connectivity index (χ1n) is 15.0. The Morgan fingerprint density at radius 2 is 1.75 bits per heavy atom. The maximum absolute atomic E-state index is 12.5. The van der Waals surface area contributed by atoms with E-state index >= 15 is 0 Å². The summed E-state index contributed by atoms with van der Waals surface area (Å²) >= 11 is 13.0. The Balaban J connectivity index is 1.18. The molecule has 4 aromatic rings. The Morgan fingerprint density at radius 1 is 1.00 bits per heavy atom. The van der Waals surface area contributed by atoms with Crippen molar-refractivity contribution >= 4 is 52.2 Å². The smallest absolute Gasteiger partial charge is 0.337 e. The number of urea groups is 1. The van der Waals surface area contributed by atoms with E-state index in [0.29, 0.717) is 57.3 Å². The van der Waals surface area contributed by atoms with E-state index in [1.165, 1.54) is 13.3 Å². The normalized spacial score (nSPS) is 15.1. The zero-order chi connectivity index (χ0) is 34.2. The highest BCUT2D eigenvalue weighted by atomic mass is 35.5. The molecule has 2 amide bonds. The topological polar surface area (TPSA) is 140 Å². The van der Waals surface area contributed by atoms with Gasteiger partial charge in [0.15, 0.2) is 23.5 Å². The molecule has 0 bridgehead atoms. The van der Waals surface area contributed by atoms with Crippen LogP contribution < -0.4 is 30.3 Å². The monoisotopic (exact) mass is 692 g/mol. The molecule has 1 aliphatic rings. The van der Waals surface area contributed by atoms with Gasteiger partial charge in [0.25, 0.3) is 0 Å². The van der Waals surface area contributed by atoms with Gasteiger partial charge >= 0.3 is 12.0 Å². The first-order valence-corrected chi connectivity index (χ1v) is 15.7. The van der Waals surface area contributed by atoms with Gasteiger partial charge in [0, 0.05) is 5.70 Å². The summed E-state index contributed by atoms with van der Waals surface area (Å²) in [5.74, 6) is 0.469. The summed E-state index contributed by atoms with van der Waals surface area (Å²) in [6.07, 6.45) is 0.266. The summed E-state index contributed by atoms with van der Waals surface area (Å²) in [5, 5.41) is 22.8. The average Bonchev–Trinajstić information content (AvgIpc) is 3.06. The lowest BCUT2D eigenvalue weighted by molar-refractivity contribution is -0.136. The molecular weight excluding hydrogens is 659 g/mol. The number of aliphatic hydroxyl groups is 1. The highest BCUT2D eigenvalue weighted by molar-refractivity contribution is 6.37. The van der Waals surface area contributed by atoms with Crippen LogP contribution in [-0.4, -0.2) is 49.9 Å². The molecule has 0 unspecified atom stereocenters. The largest absolute Gasteiger partial charge is 0.490 e. The number of carbonyl (C=O) groups is 2. The van der Waals surface area contributed by atoms with Crippen molar-refractivity contribution in [3.05, 3.63) is 111 Å². The molecule has 250 valence electrons. The molecule has 0 saturated heterocycles. The molecule has 0 aliphatic carbocycles. The number of methoxy groups -OCH3 is 1. The maximum Gasteiger partial charge on any atom is 0.337 e. The number of carbonyl (C=O) groups excluding carboxylic acids is 2. The number of esters is 1. The van der Waals surface area contributed by atoms with Crippen LogP contribution in [0.1, 0.15) is 36.6 Å². The highest BCUT2D eigenvalue weighted by Gasteiger charge is 2.32. The van der Waals surface area contributed by atoms with Crippen molar-refractivity contribution in [1.82, 2.24) is 16.1 Å². The fourth-order valence-electron chi connectivity index (χ4n) is 5.10. The van der Waals surface area contributed by atoms with Crippen LogP contribution in [0.4, 0.5) is 4.79 Å². The van der Waals surface area contributed by atoms with E-state index in [9.17, 15) is 14.7 Å². The third-order valence-electron chi connectivity index (χ3n) is 7.33. The predicted molar refractivity (Wildman–Crippen MR) is 184 cm³/mol. The Morgan fingerprint density at radius 3 is 2.48 bits per heavy atom. The number of rotatable bonds is 13. The number of amides is 2. The van der Waals surface area contributed by atoms with Gasteiger partial charge in [0.1, 0.15) is 13.2 Å². The van der Waals surface area contributed by atoms with Crippen molar-refractivity contribution in [2.45, 2.75) is 32.7 Å². The summed E-state index contributed by atoms with van der Waals surface area (Å²) in [6.45, 7) is 3.85. The third kappa shape index (κ3) is 8.29. The number of hydrogen-bond acceptors (Lipinski definition) is 9. The van der Waals surface area contributed by atoms with Gasteiger partial charge in [-0.25, -0.2) is 9.59 Å². The number of fused-ring (bicyclic) bond motifs is 1.